The molecular weight excluding hydrogens is 389 g/mol. The normalized spacial score (nSPS) is 14.1. The van der Waals surface area contributed by atoms with Crippen LogP contribution in [0.1, 0.15) is 22.2 Å². The molecule has 4 rings (SSSR count). The van der Waals surface area contributed by atoms with Crippen molar-refractivity contribution in [1.82, 2.24) is 15.0 Å². The maximum atomic E-state index is 12.6. The third kappa shape index (κ3) is 3.38. The Kier molecular flexibility index (Phi) is 4.76. The average Bonchev–Trinajstić information content (AvgIpc) is 3.09. The van der Waals surface area contributed by atoms with Gasteiger partial charge in [0.05, 0.1) is 29.2 Å². The van der Waals surface area contributed by atoms with Crippen LogP contribution in [0.5, 0.6) is 5.75 Å². The van der Waals surface area contributed by atoms with E-state index in [0.717, 1.165) is 5.56 Å². The van der Waals surface area contributed by atoms with Gasteiger partial charge in [0.1, 0.15) is 5.75 Å². The highest BCUT2D eigenvalue weighted by molar-refractivity contribution is 6.36. The molecule has 6 nitrogen and oxygen atoms in total. The van der Waals surface area contributed by atoms with Crippen molar-refractivity contribution in [1.29, 1.82) is 0 Å². The molecule has 1 amide bonds. The monoisotopic (exact) mass is 403 g/mol. The molecule has 0 aliphatic carbocycles. The number of methoxy groups -OCH3 is 1. The second-order valence-electron chi connectivity index (χ2n) is 6.19. The fraction of sp³-hybridized carbons (Fsp3) is 0.211. The number of amides is 1. The minimum atomic E-state index is -0.141. The average molecular weight is 404 g/mol. The largest absolute Gasteiger partial charge is 0.496 e. The minimum absolute atomic E-state index is 0.00372. The molecule has 2 aromatic carbocycles. The summed E-state index contributed by atoms with van der Waals surface area (Å²) in [6, 6.07) is 12.3. The van der Waals surface area contributed by atoms with E-state index in [1.54, 1.807) is 30.2 Å². The standard InChI is InChI=1S/C19H15Cl2N3O3/c1-26-16-5-3-2-4-14(16)17-22-18(27-23-17)11-9-24(10-11)19(25)13-7-6-12(20)8-15(13)21/h2-8,11H,9-10H2,1H3. The molecule has 1 aliphatic heterocycles. The third-order valence-electron chi connectivity index (χ3n) is 4.47. The summed E-state index contributed by atoms with van der Waals surface area (Å²) in [6.07, 6.45) is 0. The summed E-state index contributed by atoms with van der Waals surface area (Å²) < 4.78 is 10.7. The van der Waals surface area contributed by atoms with Gasteiger partial charge in [0.15, 0.2) is 0 Å². The van der Waals surface area contributed by atoms with Crippen LogP contribution in [0.4, 0.5) is 0 Å². The van der Waals surface area contributed by atoms with E-state index in [2.05, 4.69) is 10.1 Å². The van der Waals surface area contributed by atoms with Gasteiger partial charge in [0.25, 0.3) is 5.91 Å². The Balaban J connectivity index is 1.46. The number of benzene rings is 2. The predicted molar refractivity (Wildman–Crippen MR) is 101 cm³/mol. The molecule has 3 aromatic rings. The van der Waals surface area contributed by atoms with E-state index in [4.69, 9.17) is 32.5 Å². The van der Waals surface area contributed by atoms with Gasteiger partial charge in [-0.25, -0.2) is 0 Å². The number of nitrogens with zero attached hydrogens (tertiary/aromatic N) is 3. The fourth-order valence-corrected chi connectivity index (χ4v) is 3.46. The summed E-state index contributed by atoms with van der Waals surface area (Å²) in [6.45, 7) is 0.983. The lowest BCUT2D eigenvalue weighted by Crippen LogP contribution is -2.48. The van der Waals surface area contributed by atoms with Crippen LogP contribution in [-0.4, -0.2) is 41.1 Å². The molecule has 0 bridgehead atoms. The van der Waals surface area contributed by atoms with Gasteiger partial charge in [-0.2, -0.15) is 4.98 Å². The lowest BCUT2D eigenvalue weighted by atomic mass is 9.98. The first-order valence-electron chi connectivity index (χ1n) is 8.28. The number of halogens is 2. The van der Waals surface area contributed by atoms with Gasteiger partial charge >= 0.3 is 0 Å². The zero-order chi connectivity index (χ0) is 19.0. The highest BCUT2D eigenvalue weighted by Crippen LogP contribution is 2.32. The Morgan fingerprint density at radius 1 is 1.22 bits per heavy atom. The number of likely N-dealkylation sites (tertiary alicyclic amines) is 1. The highest BCUT2D eigenvalue weighted by atomic mass is 35.5. The molecule has 1 fully saturated rings. The topological polar surface area (TPSA) is 68.5 Å². The van der Waals surface area contributed by atoms with Gasteiger partial charge in [-0.15, -0.1) is 0 Å². The summed E-state index contributed by atoms with van der Waals surface area (Å²) >= 11 is 12.0. The SMILES string of the molecule is COc1ccccc1-c1noc(C2CN(C(=O)c3ccc(Cl)cc3Cl)C2)n1. The van der Waals surface area contributed by atoms with Crippen LogP contribution in [0.3, 0.4) is 0 Å². The van der Waals surface area contributed by atoms with Crippen molar-refractivity contribution in [2.24, 2.45) is 0 Å². The molecule has 1 saturated heterocycles. The van der Waals surface area contributed by atoms with Crippen LogP contribution < -0.4 is 4.74 Å². The molecule has 8 heteroatoms. The summed E-state index contributed by atoms with van der Waals surface area (Å²) in [4.78, 5) is 18.7. The Bertz CT molecular complexity index is 999. The summed E-state index contributed by atoms with van der Waals surface area (Å²) in [5.41, 5.74) is 1.19. The first-order valence-corrected chi connectivity index (χ1v) is 9.03. The van der Waals surface area contributed by atoms with Crippen molar-refractivity contribution in [2.75, 3.05) is 20.2 Å². The Morgan fingerprint density at radius 3 is 2.74 bits per heavy atom. The van der Waals surface area contributed by atoms with Crippen LogP contribution in [0.25, 0.3) is 11.4 Å². The van der Waals surface area contributed by atoms with Crippen LogP contribution in [0.15, 0.2) is 47.0 Å². The molecule has 27 heavy (non-hydrogen) atoms. The smallest absolute Gasteiger partial charge is 0.255 e. The van der Waals surface area contributed by atoms with E-state index < -0.39 is 0 Å². The molecule has 1 aliphatic rings. The van der Waals surface area contributed by atoms with Gasteiger partial charge < -0.3 is 14.2 Å². The van der Waals surface area contributed by atoms with Gasteiger partial charge in [0, 0.05) is 18.1 Å². The minimum Gasteiger partial charge on any atom is -0.496 e. The zero-order valence-electron chi connectivity index (χ0n) is 14.4. The van der Waals surface area contributed by atoms with Crippen LogP contribution in [0, 0.1) is 0 Å². The number of hydrogen-bond acceptors (Lipinski definition) is 5. The number of carbonyl (C=O) groups is 1. The Hall–Kier alpha value is -2.57. The third-order valence-corrected chi connectivity index (χ3v) is 5.02. The maximum Gasteiger partial charge on any atom is 0.255 e. The number of rotatable bonds is 4. The van der Waals surface area contributed by atoms with E-state index in [1.165, 1.54) is 0 Å². The van der Waals surface area contributed by atoms with Crippen molar-refractivity contribution >= 4 is 29.1 Å². The Labute approximate surface area is 165 Å². The second kappa shape index (κ2) is 7.21. The van der Waals surface area contributed by atoms with E-state index in [1.807, 2.05) is 24.3 Å². The van der Waals surface area contributed by atoms with Gasteiger partial charge in [-0.05, 0) is 30.3 Å². The first-order chi connectivity index (χ1) is 13.1. The summed E-state index contributed by atoms with van der Waals surface area (Å²) in [5, 5.41) is 4.88. The zero-order valence-corrected chi connectivity index (χ0v) is 15.9. The van der Waals surface area contributed by atoms with Crippen molar-refractivity contribution in [2.45, 2.75) is 5.92 Å². The highest BCUT2D eigenvalue weighted by Gasteiger charge is 2.36. The second-order valence-corrected chi connectivity index (χ2v) is 7.03. The van der Waals surface area contributed by atoms with Crippen LogP contribution in [0.2, 0.25) is 10.0 Å². The quantitative estimate of drug-likeness (QED) is 0.649. The lowest BCUT2D eigenvalue weighted by Gasteiger charge is -2.37. The number of para-hydroxylation sites is 1. The fourth-order valence-electron chi connectivity index (χ4n) is 2.97. The maximum absolute atomic E-state index is 12.6. The van der Waals surface area contributed by atoms with Gasteiger partial charge in [0.2, 0.25) is 11.7 Å². The molecule has 0 unspecified atom stereocenters. The van der Waals surface area contributed by atoms with E-state index in [9.17, 15) is 4.79 Å². The number of ether oxygens (including phenoxy) is 1. The molecule has 0 spiro atoms. The number of carbonyl (C=O) groups excluding carboxylic acids is 1. The van der Waals surface area contributed by atoms with Gasteiger partial charge in [-0.3, -0.25) is 4.79 Å². The first kappa shape index (κ1) is 17.8. The van der Waals surface area contributed by atoms with Crippen molar-refractivity contribution < 1.29 is 14.1 Å². The van der Waals surface area contributed by atoms with Gasteiger partial charge in [-0.1, -0.05) is 40.5 Å². The molecule has 2 heterocycles. The van der Waals surface area contributed by atoms with E-state index in [-0.39, 0.29) is 11.8 Å². The lowest BCUT2D eigenvalue weighted by molar-refractivity contribution is 0.0569. The van der Waals surface area contributed by atoms with E-state index in [0.29, 0.717) is 46.2 Å². The molecule has 0 saturated carbocycles. The predicted octanol–water partition coefficient (Wildman–Crippen LogP) is 4.29. The summed E-state index contributed by atoms with van der Waals surface area (Å²) in [7, 11) is 1.59. The van der Waals surface area contributed by atoms with Crippen LogP contribution >= 0.6 is 23.2 Å². The van der Waals surface area contributed by atoms with Crippen molar-refractivity contribution in [3.05, 3.63) is 64.0 Å². The molecule has 0 N–H and O–H groups in total. The Morgan fingerprint density at radius 2 is 2.00 bits per heavy atom. The van der Waals surface area contributed by atoms with Crippen molar-refractivity contribution in [3.63, 3.8) is 0 Å². The van der Waals surface area contributed by atoms with E-state index >= 15 is 0 Å². The number of hydrogen-bond donors (Lipinski definition) is 0. The molecule has 0 atom stereocenters. The molecular formula is C19H15Cl2N3O3. The van der Waals surface area contributed by atoms with Crippen molar-refractivity contribution in [3.8, 4) is 17.1 Å². The molecule has 1 aromatic heterocycles. The van der Waals surface area contributed by atoms with Crippen LogP contribution in [-0.2, 0) is 0 Å². The molecule has 138 valence electrons. The number of aromatic nitrogens is 2. The summed E-state index contributed by atoms with van der Waals surface area (Å²) in [5.74, 6) is 1.50. The molecule has 0 radical (unpaired) electrons.